The molecule has 120 valence electrons. The van der Waals surface area contributed by atoms with Crippen LogP contribution in [0.2, 0.25) is 3.17 Å². The predicted molar refractivity (Wildman–Crippen MR) is 79.2 cm³/mol. The maximum absolute atomic E-state index is 10.2. The number of carboxylic acid groups (broad SMARTS) is 2. The molecule has 7 nitrogen and oxygen atoms in total. The van der Waals surface area contributed by atoms with E-state index in [1.54, 1.807) is 0 Å². The Labute approximate surface area is 143 Å². The second-order valence-corrected chi connectivity index (χ2v) is 8.18. The van der Waals surface area contributed by atoms with Crippen molar-refractivity contribution in [2.45, 2.75) is 60.8 Å². The van der Waals surface area contributed by atoms with Crippen molar-refractivity contribution in [1.29, 1.82) is 0 Å². The molecule has 0 aliphatic rings. The van der Waals surface area contributed by atoms with Crippen LogP contribution in [-0.4, -0.2) is 68.3 Å². The van der Waals surface area contributed by atoms with Crippen molar-refractivity contribution in [1.82, 2.24) is 0 Å². The summed E-state index contributed by atoms with van der Waals surface area (Å²) in [4.78, 5) is 20.0. The van der Waals surface area contributed by atoms with Crippen molar-refractivity contribution in [2.75, 3.05) is 0 Å². The molecule has 0 fully saturated rings. The number of hydrogen-bond donors (Lipinski definition) is 3. The minimum atomic E-state index is -4.84. The van der Waals surface area contributed by atoms with Crippen molar-refractivity contribution >= 4 is 50.0 Å². The van der Waals surface area contributed by atoms with Gasteiger partial charge in [-0.05, 0) is 0 Å². The van der Waals surface area contributed by atoms with Gasteiger partial charge in [-0.25, -0.2) is 0 Å². The van der Waals surface area contributed by atoms with Gasteiger partial charge in [-0.1, -0.05) is 0 Å². The van der Waals surface area contributed by atoms with Gasteiger partial charge in [0, 0.05) is 0 Å². The molecule has 0 heterocycles. The Morgan fingerprint density at radius 1 is 1.14 bits per heavy atom. The quantitative estimate of drug-likeness (QED) is 0.333. The minimum Gasteiger partial charge on any atom is -0.481 e. The molecular formula is C12H23NaO7S. The maximum Gasteiger partial charge on any atom is 0.325 e. The summed E-state index contributed by atoms with van der Waals surface area (Å²) in [6.45, 7) is 4.58. The predicted octanol–water partition coefficient (Wildman–Crippen LogP) is 1.74. The Morgan fingerprint density at radius 3 is 1.90 bits per heavy atom. The normalized spacial score (nSPS) is 13.8. The van der Waals surface area contributed by atoms with Crippen LogP contribution in [-0.2, 0) is 19.7 Å². The molecule has 0 rings (SSSR count). The average Bonchev–Trinajstić information content (AvgIpc) is 2.35. The fraction of sp³-hybridized carbons (Fsp3) is 0.833. The van der Waals surface area contributed by atoms with Gasteiger partial charge >= 0.3 is 89.0 Å². The van der Waals surface area contributed by atoms with E-state index in [4.69, 9.17) is 14.8 Å². The smallest absolute Gasteiger partial charge is 0.325 e. The van der Waals surface area contributed by atoms with Crippen LogP contribution >= 0.6 is 0 Å². The van der Waals surface area contributed by atoms with E-state index in [9.17, 15) is 18.0 Å². The van der Waals surface area contributed by atoms with E-state index in [0.717, 1.165) is 3.17 Å². The van der Waals surface area contributed by atoms with Crippen LogP contribution in [0.25, 0.3) is 0 Å². The Balaban J connectivity index is 0. The summed E-state index contributed by atoms with van der Waals surface area (Å²) in [6.07, 6.45) is 6.04. The second-order valence-electron chi connectivity index (χ2n) is 4.95. The largest absolute Gasteiger partial charge is 0.481 e. The van der Waals surface area contributed by atoms with Gasteiger partial charge in [0.15, 0.2) is 5.25 Å². The summed E-state index contributed by atoms with van der Waals surface area (Å²) in [5.41, 5.74) is 0. The van der Waals surface area contributed by atoms with Gasteiger partial charge in [0.05, 0.1) is 6.42 Å². The third-order valence-electron chi connectivity index (χ3n) is 2.99. The first-order chi connectivity index (χ1) is 9.56. The van der Waals surface area contributed by atoms with Crippen LogP contribution in [0.4, 0.5) is 0 Å². The first-order valence-electron chi connectivity index (χ1n) is 6.97. The van der Waals surface area contributed by atoms with Gasteiger partial charge < -0.3 is 10.2 Å². The van der Waals surface area contributed by atoms with Gasteiger partial charge in [0.25, 0.3) is 10.1 Å². The van der Waals surface area contributed by atoms with E-state index >= 15 is 0 Å². The minimum absolute atomic E-state index is 1.09. The summed E-state index contributed by atoms with van der Waals surface area (Å²) in [6, 6.07) is 0. The fourth-order valence-electron chi connectivity index (χ4n) is 1.43. The third kappa shape index (κ3) is 14.5. The number of rotatable bonds is 9. The van der Waals surface area contributed by atoms with Crippen molar-refractivity contribution in [2.24, 2.45) is 0 Å². The molecule has 0 saturated carbocycles. The van der Waals surface area contributed by atoms with E-state index in [0.29, 0.717) is 0 Å². The molecule has 0 aromatic rings. The molecule has 21 heavy (non-hydrogen) atoms. The average molecular weight is 334 g/mol. The molecule has 9 heteroatoms. The summed E-state index contributed by atoms with van der Waals surface area (Å²) >= 11 is 1.41. The number of hydrogen-bond acceptors (Lipinski definition) is 4. The van der Waals surface area contributed by atoms with Crippen LogP contribution in [0.3, 0.4) is 0 Å². The number of carboxylic acids is 2. The summed E-state index contributed by atoms with van der Waals surface area (Å²) in [5, 5.41) is 13.9. The molecule has 0 spiro atoms. The van der Waals surface area contributed by atoms with Crippen molar-refractivity contribution < 1.29 is 32.8 Å². The Morgan fingerprint density at radius 2 is 1.67 bits per heavy atom. The molecule has 0 aliphatic heterocycles. The zero-order valence-electron chi connectivity index (χ0n) is 12.8. The molecule has 0 bridgehead atoms. The molecule has 0 aliphatic carbocycles. The topological polar surface area (TPSA) is 129 Å². The first kappa shape index (κ1) is 23.1. The van der Waals surface area contributed by atoms with E-state index in [1.807, 2.05) is 0 Å². The van der Waals surface area contributed by atoms with Crippen molar-refractivity contribution in [3.8, 4) is 0 Å². The standard InChI is InChI=1S/C8H17.C4H6O7S.Na/c1-3-5-7-8-6-4-2;5-3(6)1-2(4(7)8)12(9,10)11;/h5H,3-4,6-8H2,1-2H3;2H,1H2,(H,5,6)(H,7,8)(H,9,10,11);. The van der Waals surface area contributed by atoms with E-state index in [1.165, 1.54) is 60.0 Å². The number of aliphatic carboxylic acids is 2. The fourth-order valence-corrected chi connectivity index (χ4v) is 2.44. The van der Waals surface area contributed by atoms with Crippen LogP contribution < -0.4 is 0 Å². The molecule has 2 unspecified atom stereocenters. The zero-order valence-corrected chi connectivity index (χ0v) is 15.6. The second kappa shape index (κ2) is 12.4. The van der Waals surface area contributed by atoms with Gasteiger partial charge in [0.1, 0.15) is 0 Å². The summed E-state index contributed by atoms with van der Waals surface area (Å²) in [7, 11) is -4.84. The Kier molecular flexibility index (Phi) is 13.7. The van der Waals surface area contributed by atoms with Gasteiger partial charge in [-0.15, -0.1) is 0 Å². The van der Waals surface area contributed by atoms with Crippen LogP contribution in [0, 0.1) is 0 Å². The van der Waals surface area contributed by atoms with Gasteiger partial charge in [-0.2, -0.15) is 8.42 Å². The molecule has 3 N–H and O–H groups in total. The van der Waals surface area contributed by atoms with E-state index < -0.39 is 33.7 Å². The molecule has 0 aromatic carbocycles. The van der Waals surface area contributed by atoms with E-state index in [2.05, 4.69) is 13.8 Å². The van der Waals surface area contributed by atoms with Gasteiger partial charge in [-0.3, -0.25) is 14.1 Å². The third-order valence-corrected chi connectivity index (χ3v) is 5.47. The number of carbonyl (C=O) groups is 2. The Bertz CT molecular complexity index is 408. The van der Waals surface area contributed by atoms with Crippen molar-refractivity contribution in [3.63, 3.8) is 0 Å². The van der Waals surface area contributed by atoms with Crippen LogP contribution in [0.15, 0.2) is 0 Å². The summed E-state index contributed by atoms with van der Waals surface area (Å²) < 4.78 is 29.8. The molecule has 0 amide bonds. The molecular weight excluding hydrogens is 311 g/mol. The van der Waals surface area contributed by atoms with Gasteiger partial charge in [0.2, 0.25) is 0 Å². The summed E-state index contributed by atoms with van der Waals surface area (Å²) in [5.74, 6) is -3.50. The Hall–Kier alpha value is -0.150. The van der Waals surface area contributed by atoms with Crippen LogP contribution in [0.1, 0.15) is 52.4 Å². The van der Waals surface area contributed by atoms with E-state index in [-0.39, 0.29) is 0 Å². The van der Waals surface area contributed by atoms with Crippen molar-refractivity contribution in [3.05, 3.63) is 0 Å². The first-order valence-corrected chi connectivity index (χ1v) is 9.62. The van der Waals surface area contributed by atoms with Crippen LogP contribution in [0.5, 0.6) is 0 Å². The molecule has 0 radical (unpaired) electrons. The molecule has 0 aromatic heterocycles. The molecule has 2 atom stereocenters. The monoisotopic (exact) mass is 334 g/mol. The zero-order chi connectivity index (χ0) is 17.1. The SMILES string of the molecule is CCCCC[CH]([Na])CC.O=C(O)CC(C(=O)O)S(=O)(=O)O. The molecule has 0 saturated heterocycles. The number of unbranched alkanes of at least 4 members (excludes halogenated alkanes) is 2. The maximum atomic E-state index is 10.2.